The van der Waals surface area contributed by atoms with E-state index in [-0.39, 0.29) is 24.8 Å². The molecule has 1 amide bonds. The number of nitrogens with zero attached hydrogens (tertiary/aromatic N) is 2. The van der Waals surface area contributed by atoms with E-state index in [1.807, 2.05) is 35.0 Å². The largest absolute Gasteiger partial charge is 0.469 e. The smallest absolute Gasteiger partial charge is 0.307 e. The standard InChI is InChI=1S/C17H19N3O3/c1-23-15(21)10-11-18-17(22)16-13-8-5-9-14(13)20(19-16)12-6-3-2-4-7-12/h2-4,6-7H,5,8-11H2,1H3,(H,18,22). The van der Waals surface area contributed by atoms with Crippen molar-refractivity contribution in [3.63, 3.8) is 0 Å². The molecule has 0 unspecified atom stereocenters. The molecule has 2 aromatic rings. The molecule has 1 heterocycles. The second kappa shape index (κ2) is 6.64. The maximum absolute atomic E-state index is 12.4. The lowest BCUT2D eigenvalue weighted by Gasteiger charge is -2.05. The zero-order valence-corrected chi connectivity index (χ0v) is 13.0. The SMILES string of the molecule is COC(=O)CCNC(=O)c1nn(-c2ccccc2)c2c1CCC2. The van der Waals surface area contributed by atoms with E-state index in [0.29, 0.717) is 5.69 Å². The van der Waals surface area contributed by atoms with Gasteiger partial charge >= 0.3 is 5.97 Å². The Morgan fingerprint density at radius 1 is 1.26 bits per heavy atom. The van der Waals surface area contributed by atoms with Gasteiger partial charge in [-0.05, 0) is 31.4 Å². The summed E-state index contributed by atoms with van der Waals surface area (Å²) in [5, 5.41) is 7.25. The molecule has 1 aliphatic carbocycles. The van der Waals surface area contributed by atoms with Crippen molar-refractivity contribution in [1.82, 2.24) is 15.1 Å². The summed E-state index contributed by atoms with van der Waals surface area (Å²) in [6.45, 7) is 0.248. The summed E-state index contributed by atoms with van der Waals surface area (Å²) in [4.78, 5) is 23.5. The number of carbonyl (C=O) groups excluding carboxylic acids is 2. The molecular weight excluding hydrogens is 294 g/mol. The number of amides is 1. The van der Waals surface area contributed by atoms with E-state index >= 15 is 0 Å². The number of hydrogen-bond acceptors (Lipinski definition) is 4. The molecule has 0 spiro atoms. The topological polar surface area (TPSA) is 73.2 Å². The third kappa shape index (κ3) is 3.11. The number of benzene rings is 1. The fourth-order valence-electron chi connectivity index (χ4n) is 2.87. The third-order valence-corrected chi connectivity index (χ3v) is 3.99. The number of hydrogen-bond donors (Lipinski definition) is 1. The average Bonchev–Trinajstić information content (AvgIpc) is 3.17. The van der Waals surface area contributed by atoms with Crippen molar-refractivity contribution in [2.45, 2.75) is 25.7 Å². The Labute approximate surface area is 134 Å². The van der Waals surface area contributed by atoms with E-state index in [1.165, 1.54) is 7.11 Å². The zero-order valence-electron chi connectivity index (χ0n) is 13.0. The van der Waals surface area contributed by atoms with Crippen LogP contribution in [-0.2, 0) is 22.4 Å². The van der Waals surface area contributed by atoms with E-state index in [1.54, 1.807) is 0 Å². The first-order valence-corrected chi connectivity index (χ1v) is 7.72. The molecule has 1 aromatic carbocycles. The van der Waals surface area contributed by atoms with Crippen LogP contribution >= 0.6 is 0 Å². The minimum Gasteiger partial charge on any atom is -0.469 e. The second-order valence-electron chi connectivity index (χ2n) is 5.46. The number of para-hydroxylation sites is 1. The highest BCUT2D eigenvalue weighted by Gasteiger charge is 2.26. The van der Waals surface area contributed by atoms with E-state index in [2.05, 4.69) is 15.2 Å². The molecule has 1 N–H and O–H groups in total. The van der Waals surface area contributed by atoms with Crippen molar-refractivity contribution in [2.24, 2.45) is 0 Å². The van der Waals surface area contributed by atoms with Crippen LogP contribution in [0.5, 0.6) is 0 Å². The second-order valence-corrected chi connectivity index (χ2v) is 5.46. The van der Waals surface area contributed by atoms with Gasteiger partial charge in [-0.3, -0.25) is 9.59 Å². The first-order chi connectivity index (χ1) is 11.2. The van der Waals surface area contributed by atoms with Crippen LogP contribution in [0.25, 0.3) is 5.69 Å². The van der Waals surface area contributed by atoms with Gasteiger partial charge in [0.15, 0.2) is 5.69 Å². The van der Waals surface area contributed by atoms with Gasteiger partial charge in [-0.25, -0.2) is 4.68 Å². The Hall–Kier alpha value is -2.63. The van der Waals surface area contributed by atoms with Crippen molar-refractivity contribution in [3.8, 4) is 5.69 Å². The van der Waals surface area contributed by atoms with Gasteiger partial charge in [-0.1, -0.05) is 18.2 Å². The van der Waals surface area contributed by atoms with Crippen LogP contribution in [0.1, 0.15) is 34.6 Å². The number of nitrogens with one attached hydrogen (secondary N) is 1. The van der Waals surface area contributed by atoms with Crippen LogP contribution in [0.4, 0.5) is 0 Å². The van der Waals surface area contributed by atoms with Crippen LogP contribution in [0, 0.1) is 0 Å². The molecule has 0 bridgehead atoms. The van der Waals surface area contributed by atoms with E-state index in [0.717, 1.165) is 36.2 Å². The number of ether oxygens (including phenoxy) is 1. The maximum Gasteiger partial charge on any atom is 0.307 e. The van der Waals surface area contributed by atoms with E-state index < -0.39 is 0 Å². The van der Waals surface area contributed by atoms with Gasteiger partial charge in [0.2, 0.25) is 0 Å². The zero-order chi connectivity index (χ0) is 16.2. The van der Waals surface area contributed by atoms with Crippen molar-refractivity contribution >= 4 is 11.9 Å². The quantitative estimate of drug-likeness (QED) is 0.852. The molecular formula is C17H19N3O3. The minimum atomic E-state index is -0.342. The van der Waals surface area contributed by atoms with Gasteiger partial charge < -0.3 is 10.1 Å². The molecule has 120 valence electrons. The van der Waals surface area contributed by atoms with Crippen LogP contribution in [0.3, 0.4) is 0 Å². The summed E-state index contributed by atoms with van der Waals surface area (Å²) in [6, 6.07) is 9.81. The lowest BCUT2D eigenvalue weighted by atomic mass is 10.2. The fraction of sp³-hybridized carbons (Fsp3) is 0.353. The Bertz CT molecular complexity index is 722. The van der Waals surface area contributed by atoms with Gasteiger partial charge in [-0.15, -0.1) is 0 Å². The van der Waals surface area contributed by atoms with E-state index in [4.69, 9.17) is 0 Å². The van der Waals surface area contributed by atoms with E-state index in [9.17, 15) is 9.59 Å². The predicted molar refractivity (Wildman–Crippen MR) is 84.6 cm³/mol. The summed E-state index contributed by atoms with van der Waals surface area (Å²) in [5.74, 6) is -0.577. The summed E-state index contributed by atoms with van der Waals surface area (Å²) in [6.07, 6.45) is 2.97. The first-order valence-electron chi connectivity index (χ1n) is 7.72. The third-order valence-electron chi connectivity index (χ3n) is 3.99. The molecule has 3 rings (SSSR count). The van der Waals surface area contributed by atoms with Gasteiger partial charge in [0.1, 0.15) is 0 Å². The molecule has 0 atom stereocenters. The molecule has 0 saturated heterocycles. The maximum atomic E-state index is 12.4. The molecule has 1 aromatic heterocycles. The van der Waals surface area contributed by atoms with Crippen molar-refractivity contribution in [2.75, 3.05) is 13.7 Å². The molecule has 6 nitrogen and oxygen atoms in total. The molecule has 1 aliphatic rings. The number of aromatic nitrogens is 2. The summed E-state index contributed by atoms with van der Waals surface area (Å²) < 4.78 is 6.42. The Morgan fingerprint density at radius 2 is 2.04 bits per heavy atom. The molecule has 6 heteroatoms. The van der Waals surface area contributed by atoms with Crippen LogP contribution < -0.4 is 5.32 Å². The highest BCUT2D eigenvalue weighted by atomic mass is 16.5. The lowest BCUT2D eigenvalue weighted by Crippen LogP contribution is -2.27. The number of esters is 1. The van der Waals surface area contributed by atoms with Gasteiger partial charge in [0, 0.05) is 17.8 Å². The number of rotatable bonds is 5. The number of carbonyl (C=O) groups is 2. The van der Waals surface area contributed by atoms with Crippen LogP contribution in [0.2, 0.25) is 0 Å². The first kappa shape index (κ1) is 15.3. The highest BCUT2D eigenvalue weighted by molar-refractivity contribution is 5.94. The fourth-order valence-corrected chi connectivity index (χ4v) is 2.87. The summed E-state index contributed by atoms with van der Waals surface area (Å²) >= 11 is 0. The molecule has 0 aliphatic heterocycles. The summed E-state index contributed by atoms with van der Waals surface area (Å²) in [7, 11) is 1.33. The van der Waals surface area contributed by atoms with Crippen molar-refractivity contribution in [1.29, 1.82) is 0 Å². The number of fused-ring (bicyclic) bond motifs is 1. The highest BCUT2D eigenvalue weighted by Crippen LogP contribution is 2.27. The van der Waals surface area contributed by atoms with Gasteiger partial charge in [0.25, 0.3) is 5.91 Å². The molecule has 0 saturated carbocycles. The van der Waals surface area contributed by atoms with Crippen molar-refractivity contribution < 1.29 is 14.3 Å². The summed E-state index contributed by atoms with van der Waals surface area (Å²) in [5.41, 5.74) is 3.55. The minimum absolute atomic E-state index is 0.157. The monoisotopic (exact) mass is 313 g/mol. The molecule has 23 heavy (non-hydrogen) atoms. The van der Waals surface area contributed by atoms with Crippen molar-refractivity contribution in [3.05, 3.63) is 47.3 Å². The Kier molecular flexibility index (Phi) is 4.41. The normalized spacial score (nSPS) is 12.7. The van der Waals surface area contributed by atoms with Gasteiger partial charge in [0.05, 0.1) is 19.2 Å². The molecule has 0 fully saturated rings. The van der Waals surface area contributed by atoms with Crippen LogP contribution in [0.15, 0.2) is 30.3 Å². The lowest BCUT2D eigenvalue weighted by molar-refractivity contribution is -0.140. The van der Waals surface area contributed by atoms with Gasteiger partial charge in [-0.2, -0.15) is 5.10 Å². The predicted octanol–water partition coefficient (Wildman–Crippen LogP) is 1.65. The molecule has 0 radical (unpaired) electrons. The Morgan fingerprint density at radius 3 is 2.78 bits per heavy atom. The Balaban J connectivity index is 1.81. The average molecular weight is 313 g/mol. The van der Waals surface area contributed by atoms with Crippen LogP contribution in [-0.4, -0.2) is 35.3 Å². The number of methoxy groups -OCH3 is 1.